The van der Waals surface area contributed by atoms with Gasteiger partial charge in [-0.25, -0.2) is 0 Å². The zero-order chi connectivity index (χ0) is 15.8. The van der Waals surface area contributed by atoms with Gasteiger partial charge in [-0.05, 0) is 20.4 Å². The zero-order valence-corrected chi connectivity index (χ0v) is 14.2. The van der Waals surface area contributed by atoms with Gasteiger partial charge >= 0.3 is 0 Å². The van der Waals surface area contributed by atoms with Crippen LogP contribution in [0.3, 0.4) is 0 Å². The van der Waals surface area contributed by atoms with Crippen molar-refractivity contribution in [1.29, 1.82) is 0 Å². The van der Waals surface area contributed by atoms with Gasteiger partial charge in [-0.1, -0.05) is 20.8 Å². The number of hydrogen-bond donors (Lipinski definition) is 1. The van der Waals surface area contributed by atoms with Gasteiger partial charge in [-0.2, -0.15) is 0 Å². The van der Waals surface area contributed by atoms with E-state index < -0.39 is 5.54 Å². The number of nitrogens with zero attached hydrogens (tertiary/aromatic N) is 2. The van der Waals surface area contributed by atoms with Crippen molar-refractivity contribution in [3.05, 3.63) is 0 Å². The van der Waals surface area contributed by atoms with Crippen LogP contribution in [0.4, 0.5) is 0 Å². The maximum atomic E-state index is 13.0. The molecule has 0 radical (unpaired) electrons. The third kappa shape index (κ3) is 2.60. The van der Waals surface area contributed by atoms with E-state index in [-0.39, 0.29) is 17.4 Å². The van der Waals surface area contributed by atoms with E-state index in [2.05, 4.69) is 32.7 Å². The summed E-state index contributed by atoms with van der Waals surface area (Å²) in [6.45, 7) is 11.4. The summed E-state index contributed by atoms with van der Waals surface area (Å²) in [4.78, 5) is 17.3. The normalized spacial score (nSPS) is 36.4. The summed E-state index contributed by atoms with van der Waals surface area (Å²) in [5, 5.41) is 0. The van der Waals surface area contributed by atoms with E-state index in [0.717, 1.165) is 26.1 Å². The van der Waals surface area contributed by atoms with E-state index in [1.165, 1.54) is 0 Å². The van der Waals surface area contributed by atoms with Crippen molar-refractivity contribution >= 4 is 5.91 Å². The van der Waals surface area contributed by atoms with E-state index in [1.807, 2.05) is 11.8 Å². The van der Waals surface area contributed by atoms with Gasteiger partial charge in [0.2, 0.25) is 5.91 Å². The lowest BCUT2D eigenvalue weighted by molar-refractivity contribution is -0.181. The Labute approximate surface area is 128 Å². The minimum Gasteiger partial charge on any atom is -0.378 e. The molecule has 3 atom stereocenters. The Balaban J connectivity index is 2.07. The van der Waals surface area contributed by atoms with Gasteiger partial charge in [-0.15, -0.1) is 0 Å². The van der Waals surface area contributed by atoms with E-state index >= 15 is 0 Å². The summed E-state index contributed by atoms with van der Waals surface area (Å²) in [5.74, 6) is 0.106. The van der Waals surface area contributed by atoms with E-state index in [1.54, 1.807) is 0 Å². The molecule has 122 valence electrons. The predicted octanol–water partition coefficient (Wildman–Crippen LogP) is 1.07. The summed E-state index contributed by atoms with van der Waals surface area (Å²) in [6, 6.07) is 0.442. The summed E-state index contributed by atoms with van der Waals surface area (Å²) in [7, 11) is 2.13. The van der Waals surface area contributed by atoms with E-state index in [4.69, 9.17) is 10.5 Å². The van der Waals surface area contributed by atoms with Crippen molar-refractivity contribution in [2.75, 3.05) is 33.3 Å². The molecule has 3 unspecified atom stereocenters. The second-order valence-corrected chi connectivity index (χ2v) is 7.13. The fraction of sp³-hybridized carbons (Fsp3) is 0.938. The van der Waals surface area contributed by atoms with Crippen LogP contribution in [0, 0.1) is 5.41 Å². The summed E-state index contributed by atoms with van der Waals surface area (Å²) >= 11 is 0. The van der Waals surface area contributed by atoms with Crippen molar-refractivity contribution < 1.29 is 9.53 Å². The topological polar surface area (TPSA) is 58.8 Å². The van der Waals surface area contributed by atoms with Crippen molar-refractivity contribution in [3.8, 4) is 0 Å². The van der Waals surface area contributed by atoms with E-state index in [0.29, 0.717) is 19.1 Å². The SMILES string of the molecule is CCOC1CC(N)(C(=O)N2CCN(C)C(CC)C2)C1(C)C. The molecule has 1 saturated carbocycles. The van der Waals surface area contributed by atoms with Crippen molar-refractivity contribution in [3.63, 3.8) is 0 Å². The Morgan fingerprint density at radius 1 is 1.33 bits per heavy atom. The number of rotatable bonds is 4. The molecule has 0 aromatic rings. The zero-order valence-electron chi connectivity index (χ0n) is 14.2. The number of ether oxygens (including phenoxy) is 1. The Hall–Kier alpha value is -0.650. The maximum Gasteiger partial charge on any atom is 0.243 e. The molecule has 1 heterocycles. The molecule has 1 aliphatic carbocycles. The Bertz CT molecular complexity index is 399. The minimum absolute atomic E-state index is 0.0888. The number of likely N-dealkylation sites (N-methyl/N-ethyl adjacent to an activating group) is 1. The smallest absolute Gasteiger partial charge is 0.243 e. The lowest BCUT2D eigenvalue weighted by atomic mass is 9.54. The van der Waals surface area contributed by atoms with Gasteiger partial charge in [0.05, 0.1) is 6.10 Å². The Kier molecular flexibility index (Phi) is 4.66. The van der Waals surface area contributed by atoms with Gasteiger partial charge in [0, 0.05) is 44.1 Å². The van der Waals surface area contributed by atoms with Gasteiger partial charge in [0.15, 0.2) is 0 Å². The van der Waals surface area contributed by atoms with Crippen LogP contribution < -0.4 is 5.73 Å². The fourth-order valence-corrected chi connectivity index (χ4v) is 3.65. The molecule has 0 spiro atoms. The first-order chi connectivity index (χ1) is 9.77. The molecule has 2 rings (SSSR count). The van der Waals surface area contributed by atoms with Crippen molar-refractivity contribution in [1.82, 2.24) is 9.80 Å². The molecular weight excluding hydrogens is 266 g/mol. The average molecular weight is 297 g/mol. The first kappa shape index (κ1) is 16.7. The molecule has 21 heavy (non-hydrogen) atoms. The number of nitrogens with two attached hydrogens (primary N) is 1. The second-order valence-electron chi connectivity index (χ2n) is 7.13. The average Bonchev–Trinajstić information content (AvgIpc) is 2.46. The number of carbonyl (C=O) groups is 1. The van der Waals surface area contributed by atoms with Crippen LogP contribution in [0.2, 0.25) is 0 Å². The largest absolute Gasteiger partial charge is 0.378 e. The number of piperazine rings is 1. The Morgan fingerprint density at radius 2 is 2.00 bits per heavy atom. The van der Waals surface area contributed by atoms with Crippen LogP contribution in [0.5, 0.6) is 0 Å². The lowest BCUT2D eigenvalue weighted by Gasteiger charge is -2.59. The first-order valence-electron chi connectivity index (χ1n) is 8.18. The van der Waals surface area contributed by atoms with Gasteiger partial charge < -0.3 is 15.4 Å². The molecule has 2 fully saturated rings. The third-order valence-electron chi connectivity index (χ3n) is 5.75. The number of amides is 1. The molecule has 2 aliphatic rings. The third-order valence-corrected chi connectivity index (χ3v) is 5.75. The molecule has 0 aromatic carbocycles. The molecule has 2 N–H and O–H groups in total. The van der Waals surface area contributed by atoms with Crippen molar-refractivity contribution in [2.45, 2.75) is 58.2 Å². The van der Waals surface area contributed by atoms with E-state index in [9.17, 15) is 4.79 Å². The van der Waals surface area contributed by atoms with Crippen LogP contribution in [-0.2, 0) is 9.53 Å². The maximum absolute atomic E-state index is 13.0. The summed E-state index contributed by atoms with van der Waals surface area (Å²) in [6.07, 6.45) is 1.78. The Morgan fingerprint density at radius 3 is 2.52 bits per heavy atom. The van der Waals surface area contributed by atoms with Crippen LogP contribution >= 0.6 is 0 Å². The van der Waals surface area contributed by atoms with Crippen LogP contribution in [-0.4, -0.2) is 66.7 Å². The number of carbonyl (C=O) groups excluding carboxylic acids is 1. The summed E-state index contributed by atoms with van der Waals surface area (Å²) < 4.78 is 5.73. The van der Waals surface area contributed by atoms with Crippen LogP contribution in [0.15, 0.2) is 0 Å². The molecule has 5 heteroatoms. The molecule has 5 nitrogen and oxygen atoms in total. The monoisotopic (exact) mass is 297 g/mol. The lowest BCUT2D eigenvalue weighted by Crippen LogP contribution is -2.77. The summed E-state index contributed by atoms with van der Waals surface area (Å²) in [5.41, 5.74) is 5.44. The minimum atomic E-state index is -0.777. The quantitative estimate of drug-likeness (QED) is 0.843. The first-order valence-corrected chi connectivity index (χ1v) is 8.18. The van der Waals surface area contributed by atoms with Gasteiger partial charge in [0.25, 0.3) is 0 Å². The van der Waals surface area contributed by atoms with Crippen molar-refractivity contribution in [2.24, 2.45) is 11.1 Å². The van der Waals surface area contributed by atoms with Gasteiger partial charge in [-0.3, -0.25) is 9.69 Å². The van der Waals surface area contributed by atoms with Gasteiger partial charge in [0.1, 0.15) is 5.54 Å². The molecular formula is C16H31N3O2. The van der Waals surface area contributed by atoms with Crippen LogP contribution in [0.1, 0.15) is 40.5 Å². The van der Waals surface area contributed by atoms with Crippen LogP contribution in [0.25, 0.3) is 0 Å². The highest BCUT2D eigenvalue weighted by Crippen LogP contribution is 2.50. The number of hydrogen-bond acceptors (Lipinski definition) is 4. The molecule has 1 aliphatic heterocycles. The molecule has 1 saturated heterocycles. The second kappa shape index (κ2) is 5.86. The highest BCUT2D eigenvalue weighted by molar-refractivity contribution is 5.89. The molecule has 1 amide bonds. The molecule has 0 aromatic heterocycles. The standard InChI is InChI=1S/C16H31N3O2/c1-6-12-11-19(9-8-18(12)5)14(20)16(17)10-13(21-7-2)15(16,3)4/h12-13H,6-11,17H2,1-5H3. The highest BCUT2D eigenvalue weighted by atomic mass is 16.5. The highest BCUT2D eigenvalue weighted by Gasteiger charge is 2.63. The molecule has 0 bridgehead atoms. The fourth-order valence-electron chi connectivity index (χ4n) is 3.65. The predicted molar refractivity (Wildman–Crippen MR) is 84.0 cm³/mol.